The molecule has 3 rings (SSSR count). The van der Waals surface area contributed by atoms with Crippen LogP contribution in [0.1, 0.15) is 24.9 Å². The SMILES string of the molecule is O=C(O)c1ccc(C(=O)N2CCN(C(=O)Cc3ccccc3Cl)CC2)s1. The zero-order valence-corrected chi connectivity index (χ0v) is 15.4. The number of nitrogens with zero attached hydrogens (tertiary/aromatic N) is 2. The van der Waals surface area contributed by atoms with Gasteiger partial charge in [0.2, 0.25) is 5.91 Å². The lowest BCUT2D eigenvalue weighted by Gasteiger charge is -2.34. The summed E-state index contributed by atoms with van der Waals surface area (Å²) in [6, 6.07) is 10.2. The van der Waals surface area contributed by atoms with Gasteiger partial charge in [0.15, 0.2) is 0 Å². The number of rotatable bonds is 4. The number of amides is 2. The van der Waals surface area contributed by atoms with Gasteiger partial charge in [0, 0.05) is 31.2 Å². The quantitative estimate of drug-likeness (QED) is 0.867. The molecule has 1 aliphatic heterocycles. The molecule has 6 nitrogen and oxygen atoms in total. The van der Waals surface area contributed by atoms with Gasteiger partial charge in [0.1, 0.15) is 4.88 Å². The van der Waals surface area contributed by atoms with Crippen molar-refractivity contribution in [3.63, 3.8) is 0 Å². The van der Waals surface area contributed by atoms with Crippen molar-refractivity contribution < 1.29 is 19.5 Å². The monoisotopic (exact) mass is 392 g/mol. The first-order chi connectivity index (χ1) is 12.5. The van der Waals surface area contributed by atoms with E-state index >= 15 is 0 Å². The molecule has 0 spiro atoms. The van der Waals surface area contributed by atoms with Crippen molar-refractivity contribution in [3.8, 4) is 0 Å². The summed E-state index contributed by atoms with van der Waals surface area (Å²) in [5.41, 5.74) is 0.789. The third kappa shape index (κ3) is 4.05. The number of piperazine rings is 1. The Morgan fingerprint density at radius 3 is 2.19 bits per heavy atom. The largest absolute Gasteiger partial charge is 0.477 e. The molecule has 0 saturated carbocycles. The van der Waals surface area contributed by atoms with E-state index in [0.29, 0.717) is 36.1 Å². The number of halogens is 1. The van der Waals surface area contributed by atoms with Crippen LogP contribution in [0.25, 0.3) is 0 Å². The number of carboxylic acids is 1. The summed E-state index contributed by atoms with van der Waals surface area (Å²) in [6.07, 6.45) is 0.237. The lowest BCUT2D eigenvalue weighted by atomic mass is 10.1. The number of hydrogen-bond acceptors (Lipinski definition) is 4. The Morgan fingerprint density at radius 2 is 1.58 bits per heavy atom. The van der Waals surface area contributed by atoms with Crippen LogP contribution in [0.2, 0.25) is 5.02 Å². The third-order valence-electron chi connectivity index (χ3n) is 4.25. The molecule has 0 radical (unpaired) electrons. The standard InChI is InChI=1S/C18H17ClN2O4S/c19-13-4-2-1-3-12(13)11-16(22)20-7-9-21(10-8-20)17(23)14-5-6-15(26-14)18(24)25/h1-6H,7-11H2,(H,24,25). The lowest BCUT2D eigenvalue weighted by Crippen LogP contribution is -2.50. The maximum absolute atomic E-state index is 12.5. The first kappa shape index (κ1) is 18.4. The van der Waals surface area contributed by atoms with Crippen LogP contribution in [0.5, 0.6) is 0 Å². The van der Waals surface area contributed by atoms with Gasteiger partial charge in [-0.1, -0.05) is 29.8 Å². The molecule has 136 valence electrons. The Kier molecular flexibility index (Phi) is 5.58. The van der Waals surface area contributed by atoms with E-state index in [-0.39, 0.29) is 23.1 Å². The second-order valence-corrected chi connectivity index (χ2v) is 7.40. The highest BCUT2D eigenvalue weighted by molar-refractivity contribution is 7.15. The molecule has 1 aliphatic rings. The van der Waals surface area contributed by atoms with Gasteiger partial charge in [-0.25, -0.2) is 4.79 Å². The molecule has 2 heterocycles. The number of carboxylic acid groups (broad SMARTS) is 1. The zero-order chi connectivity index (χ0) is 18.7. The van der Waals surface area contributed by atoms with Crippen LogP contribution in [0.4, 0.5) is 0 Å². The van der Waals surface area contributed by atoms with Crippen molar-refractivity contribution in [2.75, 3.05) is 26.2 Å². The molecule has 0 bridgehead atoms. The highest BCUT2D eigenvalue weighted by atomic mass is 35.5. The molecule has 8 heteroatoms. The molecule has 1 fully saturated rings. The van der Waals surface area contributed by atoms with Gasteiger partial charge in [-0.05, 0) is 23.8 Å². The fourth-order valence-corrected chi connectivity index (χ4v) is 3.81. The van der Waals surface area contributed by atoms with E-state index in [1.165, 1.54) is 12.1 Å². The molecule has 1 saturated heterocycles. The van der Waals surface area contributed by atoms with E-state index in [2.05, 4.69) is 0 Å². The summed E-state index contributed by atoms with van der Waals surface area (Å²) in [5, 5.41) is 9.53. The van der Waals surface area contributed by atoms with Gasteiger partial charge in [-0.2, -0.15) is 0 Å². The first-order valence-corrected chi connectivity index (χ1v) is 9.28. The summed E-state index contributed by atoms with van der Waals surface area (Å²) in [6.45, 7) is 1.75. The van der Waals surface area contributed by atoms with Gasteiger partial charge < -0.3 is 14.9 Å². The number of carbonyl (C=O) groups excluding carboxylic acids is 2. The first-order valence-electron chi connectivity index (χ1n) is 8.09. The summed E-state index contributed by atoms with van der Waals surface area (Å²) < 4.78 is 0. The van der Waals surface area contributed by atoms with Crippen LogP contribution in [0.3, 0.4) is 0 Å². The number of carbonyl (C=O) groups is 3. The lowest BCUT2D eigenvalue weighted by molar-refractivity contribution is -0.131. The van der Waals surface area contributed by atoms with Crippen molar-refractivity contribution >= 4 is 40.7 Å². The van der Waals surface area contributed by atoms with Crippen molar-refractivity contribution in [2.45, 2.75) is 6.42 Å². The number of aromatic carboxylic acids is 1. The van der Waals surface area contributed by atoms with Crippen molar-refractivity contribution in [1.82, 2.24) is 9.80 Å². The predicted octanol–water partition coefficient (Wildman–Crippen LogP) is 2.63. The smallest absolute Gasteiger partial charge is 0.345 e. The van der Waals surface area contributed by atoms with Gasteiger partial charge >= 0.3 is 5.97 Å². The highest BCUT2D eigenvalue weighted by Crippen LogP contribution is 2.20. The maximum atomic E-state index is 12.5. The average molecular weight is 393 g/mol. The van der Waals surface area contributed by atoms with Crippen LogP contribution in [0, 0.1) is 0 Å². The molecular weight excluding hydrogens is 376 g/mol. The van der Waals surface area contributed by atoms with E-state index in [0.717, 1.165) is 16.9 Å². The minimum absolute atomic E-state index is 0.0190. The number of benzene rings is 1. The second kappa shape index (κ2) is 7.88. The molecular formula is C18H17ClN2O4S. The number of hydrogen-bond donors (Lipinski definition) is 1. The molecule has 2 amide bonds. The fourth-order valence-electron chi connectivity index (χ4n) is 2.80. The van der Waals surface area contributed by atoms with E-state index in [4.69, 9.17) is 16.7 Å². The number of thiophene rings is 1. The summed E-state index contributed by atoms with van der Waals surface area (Å²) in [7, 11) is 0. The highest BCUT2D eigenvalue weighted by Gasteiger charge is 2.26. The van der Waals surface area contributed by atoms with Crippen molar-refractivity contribution in [2.24, 2.45) is 0 Å². The Balaban J connectivity index is 1.56. The predicted molar refractivity (Wildman–Crippen MR) is 98.9 cm³/mol. The Morgan fingerprint density at radius 1 is 0.962 bits per heavy atom. The molecule has 0 aliphatic carbocycles. The Labute approximate surface area is 159 Å². The summed E-state index contributed by atoms with van der Waals surface area (Å²) >= 11 is 7.07. The van der Waals surface area contributed by atoms with Gasteiger partial charge in [0.05, 0.1) is 11.3 Å². The topological polar surface area (TPSA) is 77.9 Å². The van der Waals surface area contributed by atoms with Crippen molar-refractivity contribution in [1.29, 1.82) is 0 Å². The van der Waals surface area contributed by atoms with Crippen molar-refractivity contribution in [3.05, 3.63) is 56.7 Å². The Hall–Kier alpha value is -2.38. The molecule has 0 unspecified atom stereocenters. The van der Waals surface area contributed by atoms with Crippen LogP contribution in [0.15, 0.2) is 36.4 Å². The molecule has 26 heavy (non-hydrogen) atoms. The average Bonchev–Trinajstić information content (AvgIpc) is 3.13. The summed E-state index contributed by atoms with van der Waals surface area (Å²) in [5.74, 6) is -1.25. The molecule has 2 aromatic rings. The second-order valence-electron chi connectivity index (χ2n) is 5.91. The summed E-state index contributed by atoms with van der Waals surface area (Å²) in [4.78, 5) is 39.8. The van der Waals surface area contributed by atoms with Crippen LogP contribution in [-0.2, 0) is 11.2 Å². The van der Waals surface area contributed by atoms with E-state index in [1.807, 2.05) is 18.2 Å². The van der Waals surface area contributed by atoms with E-state index < -0.39 is 5.97 Å². The normalized spacial score (nSPS) is 14.3. The molecule has 1 aromatic carbocycles. The zero-order valence-electron chi connectivity index (χ0n) is 13.9. The van der Waals surface area contributed by atoms with Crippen LogP contribution in [-0.4, -0.2) is 58.9 Å². The molecule has 0 atom stereocenters. The fraction of sp³-hybridized carbons (Fsp3) is 0.278. The van der Waals surface area contributed by atoms with Crippen LogP contribution < -0.4 is 0 Å². The van der Waals surface area contributed by atoms with E-state index in [9.17, 15) is 14.4 Å². The van der Waals surface area contributed by atoms with Gasteiger partial charge in [-0.15, -0.1) is 11.3 Å². The molecule has 1 aromatic heterocycles. The minimum Gasteiger partial charge on any atom is -0.477 e. The van der Waals surface area contributed by atoms with Gasteiger partial charge in [-0.3, -0.25) is 9.59 Å². The third-order valence-corrected chi connectivity index (χ3v) is 5.68. The molecule has 1 N–H and O–H groups in total. The maximum Gasteiger partial charge on any atom is 0.345 e. The van der Waals surface area contributed by atoms with Gasteiger partial charge in [0.25, 0.3) is 5.91 Å². The van der Waals surface area contributed by atoms with Crippen LogP contribution >= 0.6 is 22.9 Å². The van der Waals surface area contributed by atoms with E-state index in [1.54, 1.807) is 15.9 Å². The Bertz CT molecular complexity index is 843. The minimum atomic E-state index is -1.04.